The first-order valence-corrected chi connectivity index (χ1v) is 11.0. The Morgan fingerprint density at radius 1 is 1.16 bits per heavy atom. The monoisotopic (exact) mass is 460 g/mol. The molecule has 0 fully saturated rings. The molecule has 0 spiro atoms. The summed E-state index contributed by atoms with van der Waals surface area (Å²) in [6.45, 7) is 3.96. The van der Waals surface area contributed by atoms with Gasteiger partial charge in [-0.2, -0.15) is 15.1 Å². The normalized spacial score (nSPS) is 17.0. The fourth-order valence-electron chi connectivity index (χ4n) is 3.70. The van der Waals surface area contributed by atoms with Gasteiger partial charge in [-0.25, -0.2) is 0 Å². The molecule has 2 aliphatic heterocycles. The molecule has 0 radical (unpaired) electrons. The standard InChI is InChI=1S/C23H17ClN6OS/c1-13-9-16(14(2)29(13)18-7-3-6-17(24)11-18)10-19-20(25)30-23(27-21(19)31)32-22(28-30)15-5-4-8-26-12-15/h3-12,25H,1-2H3/b19-10-,25-20?. The van der Waals surface area contributed by atoms with E-state index in [1.165, 1.54) is 16.8 Å². The minimum Gasteiger partial charge on any atom is -0.318 e. The first kappa shape index (κ1) is 20.4. The number of aromatic nitrogens is 2. The Bertz CT molecular complexity index is 1370. The second kappa shape index (κ2) is 7.89. The van der Waals surface area contributed by atoms with Gasteiger partial charge in [-0.3, -0.25) is 15.2 Å². The zero-order chi connectivity index (χ0) is 22.4. The van der Waals surface area contributed by atoms with E-state index < -0.39 is 5.91 Å². The number of hydrogen-bond acceptors (Lipinski definition) is 5. The first-order valence-electron chi connectivity index (χ1n) is 9.78. The van der Waals surface area contributed by atoms with Crippen molar-refractivity contribution in [2.75, 3.05) is 0 Å². The molecule has 0 bridgehead atoms. The number of thioether (sulfide) groups is 1. The smallest absolute Gasteiger partial charge is 0.283 e. The van der Waals surface area contributed by atoms with Gasteiger partial charge in [-0.1, -0.05) is 17.7 Å². The number of halogens is 1. The number of amides is 1. The molecule has 0 atom stereocenters. The number of benzene rings is 1. The quantitative estimate of drug-likeness (QED) is 0.568. The third-order valence-electron chi connectivity index (χ3n) is 5.20. The number of carbonyl (C=O) groups is 1. The number of fused-ring (bicyclic) bond motifs is 1. The number of nitrogens with zero attached hydrogens (tertiary/aromatic N) is 5. The van der Waals surface area contributed by atoms with Crippen LogP contribution in [0.2, 0.25) is 5.02 Å². The predicted molar refractivity (Wildman–Crippen MR) is 129 cm³/mol. The molecule has 4 heterocycles. The number of nitrogens with one attached hydrogen (secondary N) is 1. The Hall–Kier alpha value is -3.49. The lowest BCUT2D eigenvalue weighted by molar-refractivity contribution is -0.114. The van der Waals surface area contributed by atoms with Crippen molar-refractivity contribution in [2.45, 2.75) is 13.8 Å². The van der Waals surface area contributed by atoms with Crippen LogP contribution >= 0.6 is 23.4 Å². The molecule has 1 N–H and O–H groups in total. The van der Waals surface area contributed by atoms with E-state index in [-0.39, 0.29) is 11.4 Å². The van der Waals surface area contributed by atoms with Crippen molar-refractivity contribution in [1.29, 1.82) is 5.41 Å². The molecular formula is C23H17ClN6OS. The summed E-state index contributed by atoms with van der Waals surface area (Å²) in [5.74, 6) is -0.456. The largest absolute Gasteiger partial charge is 0.318 e. The average molecular weight is 461 g/mol. The maximum atomic E-state index is 12.8. The van der Waals surface area contributed by atoms with Crippen LogP contribution in [0.3, 0.4) is 0 Å². The third-order valence-corrected chi connectivity index (χ3v) is 6.39. The fraction of sp³-hybridized carbons (Fsp3) is 0.0870. The Morgan fingerprint density at radius 2 is 2.00 bits per heavy atom. The zero-order valence-corrected chi connectivity index (χ0v) is 18.8. The van der Waals surface area contributed by atoms with Gasteiger partial charge in [0.05, 0.1) is 5.57 Å². The topological polar surface area (TPSA) is 86.7 Å². The first-order chi connectivity index (χ1) is 15.4. The highest BCUT2D eigenvalue weighted by Crippen LogP contribution is 2.31. The third kappa shape index (κ3) is 3.47. The molecule has 0 unspecified atom stereocenters. The van der Waals surface area contributed by atoms with Crippen molar-refractivity contribution in [3.8, 4) is 5.69 Å². The van der Waals surface area contributed by atoms with Gasteiger partial charge in [0.25, 0.3) is 5.91 Å². The number of aryl methyl sites for hydroxylation is 1. The lowest BCUT2D eigenvalue weighted by Crippen LogP contribution is -2.35. The second-order valence-electron chi connectivity index (χ2n) is 7.31. The maximum absolute atomic E-state index is 12.8. The SMILES string of the molecule is Cc1cc(/C=C2/C(=N)N3N=C(c4cccnc4)SC3=NC2=O)c(C)n1-c1cccc(Cl)c1. The van der Waals surface area contributed by atoms with Gasteiger partial charge >= 0.3 is 0 Å². The Labute approximate surface area is 193 Å². The number of rotatable bonds is 3. The molecule has 0 saturated heterocycles. The molecule has 0 saturated carbocycles. The summed E-state index contributed by atoms with van der Waals surface area (Å²) in [4.78, 5) is 21.1. The van der Waals surface area contributed by atoms with Crippen molar-refractivity contribution in [3.63, 3.8) is 0 Å². The summed E-state index contributed by atoms with van der Waals surface area (Å²) in [5.41, 5.74) is 4.69. The van der Waals surface area contributed by atoms with Crippen LogP contribution in [-0.2, 0) is 4.79 Å². The van der Waals surface area contributed by atoms with Crippen molar-refractivity contribution >= 4 is 51.4 Å². The highest BCUT2D eigenvalue weighted by atomic mass is 35.5. The van der Waals surface area contributed by atoms with Crippen LogP contribution in [0.15, 0.2) is 70.5 Å². The van der Waals surface area contributed by atoms with Crippen LogP contribution in [0.5, 0.6) is 0 Å². The van der Waals surface area contributed by atoms with E-state index in [0.717, 1.165) is 28.2 Å². The van der Waals surface area contributed by atoms with E-state index in [1.807, 2.05) is 56.3 Å². The predicted octanol–water partition coefficient (Wildman–Crippen LogP) is 4.81. The molecule has 3 aromatic rings. The summed E-state index contributed by atoms with van der Waals surface area (Å²) >= 11 is 7.42. The molecule has 9 heteroatoms. The second-order valence-corrected chi connectivity index (χ2v) is 8.70. The highest BCUT2D eigenvalue weighted by molar-refractivity contribution is 8.27. The summed E-state index contributed by atoms with van der Waals surface area (Å²) in [7, 11) is 0. The van der Waals surface area contributed by atoms with Crippen molar-refractivity contribution in [1.82, 2.24) is 14.6 Å². The summed E-state index contributed by atoms with van der Waals surface area (Å²) < 4.78 is 2.06. The lowest BCUT2D eigenvalue weighted by atomic mass is 10.1. The number of amidine groups is 2. The Kier molecular flexibility index (Phi) is 5.03. The van der Waals surface area contributed by atoms with Crippen molar-refractivity contribution < 1.29 is 4.79 Å². The minimum atomic E-state index is -0.455. The van der Waals surface area contributed by atoms with Gasteiger partial charge in [0, 0.05) is 40.1 Å². The summed E-state index contributed by atoms with van der Waals surface area (Å²) in [6.07, 6.45) is 5.08. The van der Waals surface area contributed by atoms with E-state index in [2.05, 4.69) is 19.6 Å². The van der Waals surface area contributed by atoms with E-state index >= 15 is 0 Å². The molecule has 5 rings (SSSR count). The number of carbonyl (C=O) groups excluding carboxylic acids is 1. The molecule has 0 aliphatic carbocycles. The molecule has 7 nitrogen and oxygen atoms in total. The van der Waals surface area contributed by atoms with E-state index in [1.54, 1.807) is 18.5 Å². The lowest BCUT2D eigenvalue weighted by Gasteiger charge is -2.20. The van der Waals surface area contributed by atoms with E-state index in [4.69, 9.17) is 17.0 Å². The van der Waals surface area contributed by atoms with Gasteiger partial charge in [0.1, 0.15) is 5.04 Å². The van der Waals surface area contributed by atoms with Crippen LogP contribution < -0.4 is 0 Å². The maximum Gasteiger partial charge on any atom is 0.283 e. The van der Waals surface area contributed by atoms with E-state index in [0.29, 0.717) is 15.2 Å². The van der Waals surface area contributed by atoms with Crippen molar-refractivity contribution in [2.24, 2.45) is 10.1 Å². The molecule has 1 amide bonds. The number of hydrazone groups is 1. The average Bonchev–Trinajstić information content (AvgIpc) is 3.32. The van der Waals surface area contributed by atoms with E-state index in [9.17, 15) is 4.79 Å². The van der Waals surface area contributed by atoms with Crippen LogP contribution in [0.4, 0.5) is 0 Å². The number of pyridine rings is 1. The van der Waals surface area contributed by atoms with Crippen molar-refractivity contribution in [3.05, 3.63) is 88.0 Å². The highest BCUT2D eigenvalue weighted by Gasteiger charge is 2.36. The summed E-state index contributed by atoms with van der Waals surface area (Å²) in [6, 6.07) is 13.3. The number of aliphatic imine (C=N–C) groups is 1. The molecule has 2 aliphatic rings. The van der Waals surface area contributed by atoms with Crippen LogP contribution in [0.25, 0.3) is 11.8 Å². The molecule has 1 aromatic carbocycles. The summed E-state index contributed by atoms with van der Waals surface area (Å²) in [5, 5.41) is 16.2. The van der Waals surface area contributed by atoms with Gasteiger partial charge in [-0.15, -0.1) is 0 Å². The fourth-order valence-corrected chi connectivity index (χ4v) is 4.77. The van der Waals surface area contributed by atoms with Gasteiger partial charge in [-0.05, 0) is 73.6 Å². The zero-order valence-electron chi connectivity index (χ0n) is 17.2. The van der Waals surface area contributed by atoms with Gasteiger partial charge in [0.2, 0.25) is 5.17 Å². The Balaban J connectivity index is 1.52. The number of hydrogen-bond donors (Lipinski definition) is 1. The van der Waals surface area contributed by atoms with Crippen LogP contribution in [0, 0.1) is 19.3 Å². The van der Waals surface area contributed by atoms with Gasteiger partial charge in [0.15, 0.2) is 5.84 Å². The van der Waals surface area contributed by atoms with Crippen LogP contribution in [0.1, 0.15) is 22.5 Å². The molecule has 158 valence electrons. The minimum absolute atomic E-state index is 0.000973. The van der Waals surface area contributed by atoms with Crippen LogP contribution in [-0.4, -0.2) is 36.5 Å². The molecule has 2 aromatic heterocycles. The molecule has 32 heavy (non-hydrogen) atoms. The van der Waals surface area contributed by atoms with Gasteiger partial charge < -0.3 is 4.57 Å². The Morgan fingerprint density at radius 3 is 2.75 bits per heavy atom. The molecular weight excluding hydrogens is 444 g/mol.